The van der Waals surface area contributed by atoms with Crippen molar-refractivity contribution in [3.8, 4) is 0 Å². The van der Waals surface area contributed by atoms with Crippen molar-refractivity contribution in [3.05, 3.63) is 0 Å². The molecule has 8 N–H and O–H groups in total. The molecule has 1 saturated carbocycles. The average molecular weight is 507 g/mol. The predicted octanol–water partition coefficient (Wildman–Crippen LogP) is -0.979. The van der Waals surface area contributed by atoms with Gasteiger partial charge in [0.15, 0.2) is 18.7 Å². The van der Waals surface area contributed by atoms with Gasteiger partial charge in [-0.1, -0.05) is 0 Å². The van der Waals surface area contributed by atoms with Crippen molar-refractivity contribution >= 4 is 5.91 Å². The lowest BCUT2D eigenvalue weighted by Gasteiger charge is -2.43. The van der Waals surface area contributed by atoms with Gasteiger partial charge in [-0.05, 0) is 52.5 Å². The van der Waals surface area contributed by atoms with Crippen molar-refractivity contribution in [2.45, 2.75) is 119 Å². The number of carbonyl (C=O) groups excluding carboxylic acids is 1. The highest BCUT2D eigenvalue weighted by molar-refractivity contribution is 5.81. The first kappa shape index (κ1) is 28.6. The number of hydrogen-bond donors (Lipinski definition) is 6. The molecule has 1 amide bonds. The van der Waals surface area contributed by atoms with Crippen molar-refractivity contribution in [2.75, 3.05) is 20.2 Å². The Kier molecular flexibility index (Phi) is 11.1. The lowest BCUT2D eigenvalue weighted by molar-refractivity contribution is -0.265. The lowest BCUT2D eigenvalue weighted by Crippen LogP contribution is -2.59. The normalized spacial score (nSPS) is 38.6. The van der Waals surface area contributed by atoms with Crippen molar-refractivity contribution in [2.24, 2.45) is 11.5 Å². The molecule has 2 aliphatic heterocycles. The molecule has 3 aliphatic rings. The van der Waals surface area contributed by atoms with Gasteiger partial charge in [0.05, 0.1) is 24.9 Å². The number of halogens is 1. The van der Waals surface area contributed by atoms with E-state index in [1.54, 1.807) is 0 Å². The molecule has 0 aromatic heterocycles. The molecular weight excluding hydrogens is 463 g/mol. The maximum atomic E-state index is 13.7. The summed E-state index contributed by atoms with van der Waals surface area (Å²) in [6.45, 7) is 1.52. The number of aliphatic hydroxyl groups excluding tert-OH is 2. The van der Waals surface area contributed by atoms with Crippen LogP contribution in [0.4, 0.5) is 4.39 Å². The van der Waals surface area contributed by atoms with Gasteiger partial charge in [0.1, 0.15) is 12.3 Å². The zero-order chi connectivity index (χ0) is 25.5. The number of nitrogens with one attached hydrogen (secondary N) is 2. The topological polar surface area (TPSA) is 171 Å². The molecule has 3 fully saturated rings. The highest BCUT2D eigenvalue weighted by atomic mass is 19.1. The van der Waals surface area contributed by atoms with Crippen LogP contribution in [0, 0.1) is 0 Å². The highest BCUT2D eigenvalue weighted by Gasteiger charge is 2.43. The van der Waals surface area contributed by atoms with Gasteiger partial charge in [-0.15, -0.1) is 0 Å². The molecule has 35 heavy (non-hydrogen) atoms. The SMILES string of the molecule is CNC(C)C1CCC[C@@H](O[C@@H]2C(N)CC(NC(=O)C(O)C(F)CN)CC2OC2CCC(CO)O2)O1. The van der Waals surface area contributed by atoms with Crippen molar-refractivity contribution in [1.29, 1.82) is 0 Å². The summed E-state index contributed by atoms with van der Waals surface area (Å²) in [5, 5.41) is 25.2. The molecule has 204 valence electrons. The summed E-state index contributed by atoms with van der Waals surface area (Å²) in [6, 6.07) is -0.788. The molecule has 0 aromatic rings. The van der Waals surface area contributed by atoms with E-state index in [1.165, 1.54) is 0 Å². The second-order valence-electron chi connectivity index (χ2n) is 9.87. The molecule has 0 aromatic carbocycles. The quantitative estimate of drug-likeness (QED) is 0.205. The first-order valence-electron chi connectivity index (χ1n) is 12.7. The van der Waals surface area contributed by atoms with Crippen LogP contribution in [-0.4, -0.2) is 104 Å². The van der Waals surface area contributed by atoms with Crippen molar-refractivity contribution < 1.29 is 38.3 Å². The van der Waals surface area contributed by atoms with Gasteiger partial charge < -0.3 is 51.3 Å². The van der Waals surface area contributed by atoms with Crippen LogP contribution in [-0.2, 0) is 23.7 Å². The number of hydrogen-bond acceptors (Lipinski definition) is 10. The van der Waals surface area contributed by atoms with Crippen molar-refractivity contribution in [3.63, 3.8) is 0 Å². The number of nitrogens with two attached hydrogens (primary N) is 2. The second kappa shape index (κ2) is 13.5. The fourth-order valence-electron chi connectivity index (χ4n) is 5.02. The van der Waals surface area contributed by atoms with E-state index >= 15 is 0 Å². The number of likely N-dealkylation sites (N-methyl/N-ethyl adjacent to an activating group) is 1. The standard InChI is InChI=1S/C23H43FN4O7/c1-12(27-2)17-4-3-5-19(33-17)35-22-16(26)8-13(28-23(31)21(30)15(24)10-25)9-18(22)34-20-7-6-14(11-29)32-20/h12-22,27,29-30H,3-11,25-26H2,1-2H3,(H,28,31)/t12?,13?,14?,15?,16?,17?,18?,19-,20?,21?,22-/m1/s1. The fourth-order valence-corrected chi connectivity index (χ4v) is 5.02. The van der Waals surface area contributed by atoms with Crippen LogP contribution in [0.15, 0.2) is 0 Å². The Morgan fingerprint density at radius 2 is 1.91 bits per heavy atom. The highest BCUT2D eigenvalue weighted by Crippen LogP contribution is 2.32. The molecule has 11 nitrogen and oxygen atoms in total. The van der Waals surface area contributed by atoms with Gasteiger partial charge in [-0.25, -0.2) is 4.39 Å². The predicted molar refractivity (Wildman–Crippen MR) is 125 cm³/mol. The Bertz CT molecular complexity index is 665. The van der Waals surface area contributed by atoms with E-state index in [9.17, 15) is 19.4 Å². The van der Waals surface area contributed by atoms with Gasteiger partial charge >= 0.3 is 0 Å². The van der Waals surface area contributed by atoms with Gasteiger partial charge in [-0.3, -0.25) is 4.79 Å². The van der Waals surface area contributed by atoms with Crippen LogP contribution in [0.5, 0.6) is 0 Å². The van der Waals surface area contributed by atoms with E-state index in [4.69, 9.17) is 30.4 Å². The van der Waals surface area contributed by atoms with E-state index in [0.29, 0.717) is 25.7 Å². The van der Waals surface area contributed by atoms with E-state index < -0.39 is 61.6 Å². The minimum absolute atomic E-state index is 0.0196. The largest absolute Gasteiger partial charge is 0.394 e. The van der Waals surface area contributed by atoms with E-state index in [-0.39, 0.29) is 24.9 Å². The lowest BCUT2D eigenvalue weighted by atomic mass is 9.86. The fraction of sp³-hybridized carbons (Fsp3) is 0.957. The zero-order valence-electron chi connectivity index (χ0n) is 20.7. The first-order chi connectivity index (χ1) is 16.7. The minimum Gasteiger partial charge on any atom is -0.394 e. The van der Waals surface area contributed by atoms with Gasteiger partial charge in [-0.2, -0.15) is 0 Å². The molecule has 2 saturated heterocycles. The number of alkyl halides is 1. The maximum Gasteiger partial charge on any atom is 0.252 e. The number of rotatable bonds is 11. The molecule has 0 bridgehead atoms. The summed E-state index contributed by atoms with van der Waals surface area (Å²) < 4.78 is 38.2. The Balaban J connectivity index is 1.67. The molecule has 3 rings (SSSR count). The number of ether oxygens (including phenoxy) is 4. The zero-order valence-corrected chi connectivity index (χ0v) is 20.7. The Hall–Kier alpha value is -0.960. The van der Waals surface area contributed by atoms with Gasteiger partial charge in [0.25, 0.3) is 5.91 Å². The van der Waals surface area contributed by atoms with Gasteiger partial charge in [0.2, 0.25) is 0 Å². The van der Waals surface area contributed by atoms with Crippen LogP contribution in [0.25, 0.3) is 0 Å². The van der Waals surface area contributed by atoms with Crippen LogP contribution in [0.1, 0.15) is 51.9 Å². The maximum absolute atomic E-state index is 13.7. The Morgan fingerprint density at radius 1 is 1.17 bits per heavy atom. The molecular formula is C23H43FN4O7. The molecule has 1 aliphatic carbocycles. The Morgan fingerprint density at radius 3 is 2.57 bits per heavy atom. The first-order valence-corrected chi connectivity index (χ1v) is 12.7. The number of amides is 1. The summed E-state index contributed by atoms with van der Waals surface area (Å²) in [7, 11) is 1.89. The second-order valence-corrected chi connectivity index (χ2v) is 9.87. The molecule has 12 heteroatoms. The third kappa shape index (κ3) is 7.76. The summed E-state index contributed by atoms with van der Waals surface area (Å²) in [6.07, 6.45) is -1.39. The van der Waals surface area contributed by atoms with E-state index in [2.05, 4.69) is 17.6 Å². The summed E-state index contributed by atoms with van der Waals surface area (Å²) in [5.74, 6) is -0.838. The molecule has 2 heterocycles. The number of aliphatic hydroxyl groups is 2. The third-order valence-electron chi connectivity index (χ3n) is 7.22. The summed E-state index contributed by atoms with van der Waals surface area (Å²) in [4.78, 5) is 12.3. The van der Waals surface area contributed by atoms with Crippen LogP contribution in [0.3, 0.4) is 0 Å². The molecule has 9 unspecified atom stereocenters. The van der Waals surface area contributed by atoms with Crippen LogP contribution in [0.2, 0.25) is 0 Å². The van der Waals surface area contributed by atoms with E-state index in [0.717, 1.165) is 19.3 Å². The van der Waals surface area contributed by atoms with E-state index in [1.807, 2.05) is 7.05 Å². The summed E-state index contributed by atoms with van der Waals surface area (Å²) in [5.41, 5.74) is 11.7. The van der Waals surface area contributed by atoms with Crippen molar-refractivity contribution in [1.82, 2.24) is 10.6 Å². The molecule has 0 spiro atoms. The average Bonchev–Trinajstić information content (AvgIpc) is 3.32. The van der Waals surface area contributed by atoms with Gasteiger partial charge in [0, 0.05) is 31.1 Å². The number of carbonyl (C=O) groups is 1. The smallest absolute Gasteiger partial charge is 0.252 e. The molecule has 11 atom stereocenters. The summed E-state index contributed by atoms with van der Waals surface area (Å²) >= 11 is 0. The monoisotopic (exact) mass is 506 g/mol. The Labute approximate surface area is 206 Å². The minimum atomic E-state index is -1.85. The van der Waals surface area contributed by atoms with Crippen LogP contribution >= 0.6 is 0 Å². The third-order valence-corrected chi connectivity index (χ3v) is 7.22. The molecule has 0 radical (unpaired) electrons. The van der Waals surface area contributed by atoms with Crippen LogP contribution < -0.4 is 22.1 Å².